The van der Waals surface area contributed by atoms with Crippen molar-refractivity contribution in [3.63, 3.8) is 0 Å². The number of carboxylic acid groups (broad SMARTS) is 3. The summed E-state index contributed by atoms with van der Waals surface area (Å²) >= 11 is 8.52. The Labute approximate surface area is 768 Å². The molecule has 2 aromatic heterocycles. The first-order chi connectivity index (χ1) is 62.7. The highest BCUT2D eigenvalue weighted by Crippen LogP contribution is 2.19. The number of thiol groups is 2. The van der Waals surface area contributed by atoms with Crippen molar-refractivity contribution < 1.29 is 127 Å². The highest BCUT2D eigenvalue weighted by Gasteiger charge is 2.40. The van der Waals surface area contributed by atoms with Crippen molar-refractivity contribution in [3.8, 4) is 5.75 Å². The molecule has 1 aliphatic heterocycles. The molecule has 17 amide bonds. The van der Waals surface area contributed by atoms with Gasteiger partial charge < -0.3 is 154 Å². The molecule has 0 bridgehead atoms. The van der Waals surface area contributed by atoms with Gasteiger partial charge in [-0.05, 0) is 127 Å². The van der Waals surface area contributed by atoms with Crippen LogP contribution >= 0.6 is 25.3 Å². The van der Waals surface area contributed by atoms with Crippen LogP contribution in [0.15, 0.2) is 49.3 Å². The van der Waals surface area contributed by atoms with Gasteiger partial charge in [0.1, 0.15) is 96.9 Å². The number of likely N-dealkylation sites (tertiary alicyclic amines) is 1. The zero-order valence-electron chi connectivity index (χ0n) is 73.0. The van der Waals surface area contributed by atoms with E-state index in [9.17, 15) is 121 Å². The Morgan fingerprint density at radius 1 is 0.447 bits per heavy atom. The molecular weight excluding hydrogens is 1780 g/mol. The Kier molecular flexibility index (Phi) is 49.8. The van der Waals surface area contributed by atoms with E-state index in [2.05, 4.69) is 125 Å². The number of hydrogen-bond donors (Lipinski definition) is 30. The van der Waals surface area contributed by atoms with E-state index in [1.54, 1.807) is 0 Å². The second kappa shape index (κ2) is 58.9. The number of aromatic nitrogens is 4. The molecule has 0 unspecified atom stereocenters. The number of aromatic amines is 2. The molecule has 32 N–H and O–H groups in total. The number of nitrogens with one attached hydrogen (secondary N) is 18. The lowest BCUT2D eigenvalue weighted by Gasteiger charge is -2.28. The standard InChI is InChI=1S/C79H123N25O26S2/c1-40(2)65(79(130)87-32-59(109)93-53(28-62(113)114)66(117)89-34-63(115)116)103-73(124)50(25-42-15-17-45(107)18-16-42)97-72(123)52(27-44-30-85-39-91-44)99-74(125)54(35-105)100-68(119)47(12-5-8-22-81)95-75(126)55(36-131)102-70(121)49(19-20-61(111)112)96-76(127)56(37-132)101-69(120)48(13-6-9-23-82)94-71(122)51(26-43-29-84-38-90-43)98-67(118)46(11-4-7-21-80)92-58(108)31-86-77(128)57-14-10-24-104(57)60(110)33-88-78(129)64(83)41(3)106/h15-18,29-30,38-41,46-57,64-65,105-107,131-132H,4-14,19-28,31-37,80-83H2,1-3H3,(H,84,90)(H,85,91)(H,86,128)(H,87,130)(H,88,129)(H,89,117)(H,92,108)(H,93,109)(H,94,122)(H,95,126)(H,96,127)(H,97,123)(H,98,118)(H,99,125)(H,100,119)(H,101,120)(H,102,121)(H,103,124)(H,111,112)(H,113,114)(H,115,116)/t41-,46+,47+,48+,49+,50+,51+,52+,53+,54+,55+,56+,57+,64+,65+/m1/s1. The van der Waals surface area contributed by atoms with Gasteiger partial charge in [-0.1, -0.05) is 26.0 Å². The minimum atomic E-state index is -1.93. The summed E-state index contributed by atoms with van der Waals surface area (Å²) in [5.74, 6) is -23.6. The molecule has 3 heterocycles. The third-order valence-electron chi connectivity index (χ3n) is 20.4. The summed E-state index contributed by atoms with van der Waals surface area (Å²) in [5.41, 5.74) is 23.9. The van der Waals surface area contributed by atoms with E-state index in [-0.39, 0.29) is 102 Å². The summed E-state index contributed by atoms with van der Waals surface area (Å²) in [7, 11) is 0. The van der Waals surface area contributed by atoms with Gasteiger partial charge in [0.25, 0.3) is 0 Å². The van der Waals surface area contributed by atoms with Crippen LogP contribution in [-0.4, -0.2) is 335 Å². The summed E-state index contributed by atoms with van der Waals surface area (Å²) in [6, 6.07) is -16.8. The van der Waals surface area contributed by atoms with Gasteiger partial charge in [-0.3, -0.25) is 95.9 Å². The number of rotatable bonds is 62. The predicted octanol–water partition coefficient (Wildman–Crippen LogP) is -10.8. The smallest absolute Gasteiger partial charge is 0.322 e. The van der Waals surface area contributed by atoms with Gasteiger partial charge in [-0.15, -0.1) is 0 Å². The molecule has 0 radical (unpaired) electrons. The van der Waals surface area contributed by atoms with E-state index in [0.29, 0.717) is 30.5 Å². The molecule has 15 atom stereocenters. The summed E-state index contributed by atoms with van der Waals surface area (Å²) in [4.78, 5) is 285. The van der Waals surface area contributed by atoms with Crippen LogP contribution in [0.25, 0.3) is 0 Å². The third kappa shape index (κ3) is 39.9. The quantitative estimate of drug-likeness (QED) is 0.0184. The highest BCUT2D eigenvalue weighted by molar-refractivity contribution is 7.80. The first-order valence-corrected chi connectivity index (χ1v) is 43.7. The van der Waals surface area contributed by atoms with Crippen LogP contribution in [0.4, 0.5) is 0 Å². The van der Waals surface area contributed by atoms with Crippen molar-refractivity contribution in [1.29, 1.82) is 0 Å². The first-order valence-electron chi connectivity index (χ1n) is 42.4. The Morgan fingerprint density at radius 2 is 0.841 bits per heavy atom. The highest BCUT2D eigenvalue weighted by atomic mass is 32.1. The number of aromatic hydroxyl groups is 1. The minimum Gasteiger partial charge on any atom is -0.508 e. The normalized spacial score (nSPS) is 15.4. The maximum atomic E-state index is 14.6. The van der Waals surface area contributed by atoms with Crippen molar-refractivity contribution in [2.75, 3.05) is 70.5 Å². The van der Waals surface area contributed by atoms with Crippen LogP contribution in [0, 0.1) is 5.92 Å². The fourth-order valence-electron chi connectivity index (χ4n) is 13.0. The molecule has 0 saturated carbocycles. The van der Waals surface area contributed by atoms with E-state index >= 15 is 0 Å². The Balaban J connectivity index is 1.52. The van der Waals surface area contributed by atoms with E-state index < -0.39 is 285 Å². The molecule has 1 fully saturated rings. The van der Waals surface area contributed by atoms with E-state index in [4.69, 9.17) is 28.0 Å². The van der Waals surface area contributed by atoms with Gasteiger partial charge in [0.05, 0.1) is 51.4 Å². The summed E-state index contributed by atoms with van der Waals surface area (Å²) in [5, 5.41) is 96.9. The molecule has 1 aliphatic rings. The van der Waals surface area contributed by atoms with Gasteiger partial charge in [0, 0.05) is 67.5 Å². The fourth-order valence-corrected chi connectivity index (χ4v) is 13.5. The minimum absolute atomic E-state index is 0.0336. The van der Waals surface area contributed by atoms with Gasteiger partial charge in [-0.2, -0.15) is 25.3 Å². The molecular formula is C79H123N25O26S2. The molecule has 732 valence electrons. The predicted molar refractivity (Wildman–Crippen MR) is 471 cm³/mol. The number of aliphatic hydroxyl groups is 2. The second-order valence-corrected chi connectivity index (χ2v) is 31.9. The summed E-state index contributed by atoms with van der Waals surface area (Å²) in [6.07, 6.45) is 2.21. The largest absolute Gasteiger partial charge is 0.508 e. The molecule has 1 aromatic carbocycles. The van der Waals surface area contributed by atoms with Crippen molar-refractivity contribution >= 4 is 144 Å². The number of carboxylic acids is 3. The number of unbranched alkanes of at least 4 members (excludes halogenated alkanes) is 3. The molecule has 0 spiro atoms. The number of phenols is 1. The lowest BCUT2D eigenvalue weighted by Crippen LogP contribution is -2.62. The van der Waals surface area contributed by atoms with Gasteiger partial charge in [0.2, 0.25) is 100 Å². The molecule has 132 heavy (non-hydrogen) atoms. The Hall–Kier alpha value is -12.7. The monoisotopic (exact) mass is 1900 g/mol. The number of aliphatic carboxylic acids is 3. The fraction of sp³-hybridized carbons (Fsp3) is 0.595. The average molecular weight is 1900 g/mol. The lowest BCUT2D eigenvalue weighted by atomic mass is 10.00. The number of nitrogens with zero attached hydrogens (tertiary/aromatic N) is 3. The number of carbonyl (C=O) groups is 20. The van der Waals surface area contributed by atoms with Gasteiger partial charge in [-0.25, -0.2) is 9.97 Å². The van der Waals surface area contributed by atoms with Gasteiger partial charge >= 0.3 is 17.9 Å². The van der Waals surface area contributed by atoms with Crippen molar-refractivity contribution in [1.82, 2.24) is 110 Å². The van der Waals surface area contributed by atoms with Crippen LogP contribution in [0.3, 0.4) is 0 Å². The van der Waals surface area contributed by atoms with Crippen LogP contribution < -0.4 is 108 Å². The maximum absolute atomic E-state index is 14.6. The number of carbonyl (C=O) groups excluding carboxylic acids is 17. The van der Waals surface area contributed by atoms with E-state index in [0.717, 1.165) is 0 Å². The Bertz CT molecular complexity index is 4370. The first kappa shape index (κ1) is 112. The number of aliphatic hydroxyl groups excluding tert-OH is 2. The topological polar surface area (TPSA) is 820 Å². The molecule has 1 saturated heterocycles. The molecule has 53 heteroatoms. The molecule has 4 rings (SSSR count). The number of H-pyrrole nitrogens is 2. The number of nitrogens with two attached hydrogens (primary N) is 4. The number of imidazole rings is 2. The van der Waals surface area contributed by atoms with E-state index in [1.165, 1.54) is 75.0 Å². The zero-order valence-corrected chi connectivity index (χ0v) is 74.8. The number of phenolic OH excluding ortho intramolecular Hbond substituents is 1. The number of amides is 17. The SMILES string of the molecule is CC(C)[C@H](NC(=O)[C@H](Cc1ccc(O)cc1)NC(=O)[C@H](Cc1cnc[nH]1)NC(=O)[C@H](CO)NC(=O)[C@H](CCCCN)NC(=O)[C@H](CS)NC(=O)[C@H](CCC(=O)O)NC(=O)[C@H](CS)NC(=O)[C@H](CCCCN)NC(=O)[C@H](Cc1cnc[nH]1)NC(=O)[C@H](CCCCN)NC(=O)CNC(=O)[C@@H]1CCCN1C(=O)CNC(=O)[C@@H](N)[C@@H](C)O)C(=O)NCC(=O)N[C@@H](CC(=O)O)C(=O)NCC(=O)O. The second-order valence-electron chi connectivity index (χ2n) is 31.2. The van der Waals surface area contributed by atoms with Crippen LogP contribution in [0.2, 0.25) is 0 Å². The van der Waals surface area contributed by atoms with Gasteiger partial charge in [0.15, 0.2) is 0 Å². The summed E-state index contributed by atoms with van der Waals surface area (Å²) < 4.78 is 0. The number of hydrogen-bond acceptors (Lipinski definition) is 31. The zero-order chi connectivity index (χ0) is 98.3. The van der Waals surface area contributed by atoms with Crippen molar-refractivity contribution in [2.24, 2.45) is 28.9 Å². The van der Waals surface area contributed by atoms with Crippen molar-refractivity contribution in [3.05, 3.63) is 66.3 Å². The lowest BCUT2D eigenvalue weighted by molar-refractivity contribution is -0.141. The maximum Gasteiger partial charge on any atom is 0.322 e. The van der Waals surface area contributed by atoms with E-state index in [1.807, 2.05) is 5.32 Å². The molecule has 3 aromatic rings. The molecule has 51 nitrogen and oxygen atoms in total. The Morgan fingerprint density at radius 3 is 1.27 bits per heavy atom. The average Bonchev–Trinajstić information content (AvgIpc) is 1.69. The number of benzene rings is 1. The third-order valence-corrected chi connectivity index (χ3v) is 21.1. The molecule has 0 aliphatic carbocycles. The van der Waals surface area contributed by atoms with Crippen LogP contribution in [-0.2, 0) is 115 Å². The summed E-state index contributed by atoms with van der Waals surface area (Å²) in [6.45, 7) is 0.628. The van der Waals surface area contributed by atoms with Crippen LogP contribution in [0.1, 0.15) is 128 Å². The van der Waals surface area contributed by atoms with Crippen molar-refractivity contribution in [2.45, 2.75) is 221 Å². The van der Waals surface area contributed by atoms with Crippen LogP contribution in [0.5, 0.6) is 5.75 Å².